The number of carbonyl (C=O) groups excluding carboxylic acids is 1. The van der Waals surface area contributed by atoms with Gasteiger partial charge >= 0.3 is 0 Å². The molecule has 2 rings (SSSR count). The first-order valence-electron chi connectivity index (χ1n) is 6.10. The van der Waals surface area contributed by atoms with E-state index in [1.165, 1.54) is 0 Å². The molecule has 2 aromatic rings. The van der Waals surface area contributed by atoms with E-state index in [1.54, 1.807) is 6.92 Å². The fourth-order valence-corrected chi connectivity index (χ4v) is 1.79. The van der Waals surface area contributed by atoms with Crippen LogP contribution in [0.5, 0.6) is 0 Å². The zero-order valence-corrected chi connectivity index (χ0v) is 11.3. The van der Waals surface area contributed by atoms with Gasteiger partial charge in [-0.2, -0.15) is 0 Å². The van der Waals surface area contributed by atoms with Crippen LogP contribution < -0.4 is 10.7 Å². The lowest BCUT2D eigenvalue weighted by atomic mass is 10.1. The van der Waals surface area contributed by atoms with Crippen LogP contribution in [0.3, 0.4) is 0 Å². The van der Waals surface area contributed by atoms with Gasteiger partial charge in [-0.25, -0.2) is 17.6 Å². The molecule has 4 nitrogen and oxygen atoms in total. The van der Waals surface area contributed by atoms with Crippen molar-refractivity contribution in [2.24, 2.45) is 0 Å². The summed E-state index contributed by atoms with van der Waals surface area (Å²) >= 11 is 0. The summed E-state index contributed by atoms with van der Waals surface area (Å²) in [5.74, 6) is -7.27. The first-order valence-corrected chi connectivity index (χ1v) is 6.10. The Bertz CT molecular complexity index is 776. The molecule has 0 atom stereocenters. The van der Waals surface area contributed by atoms with Crippen LogP contribution in [-0.4, -0.2) is 10.9 Å². The summed E-state index contributed by atoms with van der Waals surface area (Å²) in [7, 11) is 0. The fourth-order valence-electron chi connectivity index (χ4n) is 1.79. The molecule has 0 aliphatic heterocycles. The van der Waals surface area contributed by atoms with E-state index in [9.17, 15) is 27.2 Å². The monoisotopic (exact) mass is 314 g/mol. The van der Waals surface area contributed by atoms with Crippen molar-refractivity contribution in [3.05, 3.63) is 68.6 Å². The summed E-state index contributed by atoms with van der Waals surface area (Å²) in [6, 6.07) is 1.23. The molecular weight excluding hydrogens is 304 g/mol. The molecule has 0 radical (unpaired) electrons. The first kappa shape index (κ1) is 15.7. The molecule has 0 spiro atoms. The lowest BCUT2D eigenvalue weighted by Gasteiger charge is -2.08. The number of benzene rings is 1. The fraction of sp³-hybridized carbons (Fsp3) is 0.143. The van der Waals surface area contributed by atoms with Gasteiger partial charge in [-0.15, -0.1) is 0 Å². The second kappa shape index (κ2) is 6.00. The minimum atomic E-state index is -1.60. The van der Waals surface area contributed by atoms with Gasteiger partial charge in [-0.3, -0.25) is 9.59 Å². The summed E-state index contributed by atoms with van der Waals surface area (Å²) in [5.41, 5.74) is -1.33. The van der Waals surface area contributed by atoms with Gasteiger partial charge in [-0.05, 0) is 6.92 Å². The molecule has 0 saturated carbocycles. The van der Waals surface area contributed by atoms with Crippen LogP contribution >= 0.6 is 0 Å². The zero-order chi connectivity index (χ0) is 16.4. The van der Waals surface area contributed by atoms with Crippen molar-refractivity contribution in [1.82, 2.24) is 10.3 Å². The summed E-state index contributed by atoms with van der Waals surface area (Å²) in [4.78, 5) is 26.0. The molecule has 2 N–H and O–H groups in total. The van der Waals surface area contributed by atoms with Gasteiger partial charge in [0.15, 0.2) is 28.7 Å². The van der Waals surface area contributed by atoms with Gasteiger partial charge in [0.05, 0.1) is 0 Å². The second-order valence-electron chi connectivity index (χ2n) is 4.52. The van der Waals surface area contributed by atoms with E-state index in [1.807, 2.05) is 5.32 Å². The van der Waals surface area contributed by atoms with E-state index in [0.717, 1.165) is 12.3 Å². The smallest absolute Gasteiger partial charge is 0.257 e. The molecule has 0 aliphatic rings. The quantitative estimate of drug-likeness (QED) is 0.674. The van der Waals surface area contributed by atoms with Gasteiger partial charge in [0.2, 0.25) is 0 Å². The second-order valence-corrected chi connectivity index (χ2v) is 4.52. The highest BCUT2D eigenvalue weighted by molar-refractivity contribution is 5.93. The first-order chi connectivity index (χ1) is 10.3. The molecule has 0 saturated heterocycles. The Morgan fingerprint density at radius 1 is 1.14 bits per heavy atom. The Kier molecular flexibility index (Phi) is 4.30. The number of carbonyl (C=O) groups is 1. The topological polar surface area (TPSA) is 62.0 Å². The SMILES string of the molecule is Cc1cc(=O)c(C(=O)NCc2c(F)c(F)cc(F)c2F)c[nH]1. The highest BCUT2D eigenvalue weighted by Crippen LogP contribution is 2.19. The van der Waals surface area contributed by atoms with E-state index in [0.29, 0.717) is 5.69 Å². The van der Waals surface area contributed by atoms with Crippen LogP contribution in [0.2, 0.25) is 0 Å². The van der Waals surface area contributed by atoms with Gasteiger partial charge in [-0.1, -0.05) is 0 Å². The number of aryl methyl sites for hydroxylation is 1. The molecular formula is C14H10F4N2O2. The number of rotatable bonds is 3. The van der Waals surface area contributed by atoms with E-state index < -0.39 is 46.7 Å². The molecule has 1 heterocycles. The molecule has 22 heavy (non-hydrogen) atoms. The maximum atomic E-state index is 13.4. The van der Waals surface area contributed by atoms with Crippen molar-refractivity contribution in [2.45, 2.75) is 13.5 Å². The third-order valence-corrected chi connectivity index (χ3v) is 2.93. The van der Waals surface area contributed by atoms with Crippen molar-refractivity contribution < 1.29 is 22.4 Å². The molecule has 1 aromatic carbocycles. The number of aromatic amines is 1. The normalized spacial score (nSPS) is 10.6. The third-order valence-electron chi connectivity index (χ3n) is 2.93. The molecule has 0 unspecified atom stereocenters. The van der Waals surface area contributed by atoms with Crippen molar-refractivity contribution in [3.8, 4) is 0 Å². The van der Waals surface area contributed by atoms with Crippen molar-refractivity contribution in [1.29, 1.82) is 0 Å². The van der Waals surface area contributed by atoms with Crippen LogP contribution in [0.25, 0.3) is 0 Å². The van der Waals surface area contributed by atoms with Gasteiger partial charge in [0, 0.05) is 36.1 Å². The number of H-pyrrole nitrogens is 1. The van der Waals surface area contributed by atoms with E-state index in [-0.39, 0.29) is 11.6 Å². The van der Waals surface area contributed by atoms with E-state index in [4.69, 9.17) is 0 Å². The average Bonchev–Trinajstić information content (AvgIpc) is 2.45. The van der Waals surface area contributed by atoms with Crippen LogP contribution in [0.15, 0.2) is 23.1 Å². The Morgan fingerprint density at radius 3 is 2.27 bits per heavy atom. The summed E-state index contributed by atoms with van der Waals surface area (Å²) in [5, 5.41) is 2.04. The number of pyridine rings is 1. The lowest BCUT2D eigenvalue weighted by molar-refractivity contribution is 0.0948. The van der Waals surface area contributed by atoms with Gasteiger partial charge in [0.1, 0.15) is 5.56 Å². The van der Waals surface area contributed by atoms with Crippen molar-refractivity contribution in [3.63, 3.8) is 0 Å². The maximum Gasteiger partial charge on any atom is 0.257 e. The van der Waals surface area contributed by atoms with Crippen LogP contribution in [-0.2, 0) is 6.54 Å². The Balaban J connectivity index is 2.24. The molecule has 1 amide bonds. The van der Waals surface area contributed by atoms with Crippen molar-refractivity contribution in [2.75, 3.05) is 0 Å². The van der Waals surface area contributed by atoms with E-state index in [2.05, 4.69) is 4.98 Å². The maximum absolute atomic E-state index is 13.4. The number of halogens is 4. The molecule has 0 fully saturated rings. The Labute approximate surface area is 121 Å². The Hall–Kier alpha value is -2.64. The van der Waals surface area contributed by atoms with Crippen LogP contribution in [0.4, 0.5) is 17.6 Å². The summed E-state index contributed by atoms with van der Waals surface area (Å²) < 4.78 is 52.9. The standard InChI is InChI=1S/C14H10F4N2O2/c1-6-2-11(21)7(4-19-6)14(22)20-5-8-12(17)9(15)3-10(16)13(8)18/h2-4H,5H2,1H3,(H,19,21)(H,20,22). The number of amides is 1. The predicted molar refractivity (Wildman–Crippen MR) is 69.2 cm³/mol. The number of aromatic nitrogens is 1. The van der Waals surface area contributed by atoms with Crippen LogP contribution in [0.1, 0.15) is 21.6 Å². The predicted octanol–water partition coefficient (Wildman–Crippen LogP) is 2.17. The summed E-state index contributed by atoms with van der Waals surface area (Å²) in [6.45, 7) is 0.794. The average molecular weight is 314 g/mol. The number of nitrogens with one attached hydrogen (secondary N) is 2. The van der Waals surface area contributed by atoms with Gasteiger partial charge in [0.25, 0.3) is 5.91 Å². The zero-order valence-electron chi connectivity index (χ0n) is 11.3. The highest BCUT2D eigenvalue weighted by Gasteiger charge is 2.20. The molecule has 0 aliphatic carbocycles. The van der Waals surface area contributed by atoms with Crippen molar-refractivity contribution >= 4 is 5.91 Å². The molecule has 1 aromatic heterocycles. The number of hydrogen-bond donors (Lipinski definition) is 2. The number of hydrogen-bond acceptors (Lipinski definition) is 2. The minimum absolute atomic E-state index is 0.0701. The lowest BCUT2D eigenvalue weighted by Crippen LogP contribution is -2.29. The third kappa shape index (κ3) is 3.00. The van der Waals surface area contributed by atoms with Crippen LogP contribution in [0, 0.1) is 30.2 Å². The largest absolute Gasteiger partial charge is 0.364 e. The molecule has 116 valence electrons. The molecule has 8 heteroatoms. The highest BCUT2D eigenvalue weighted by atomic mass is 19.2. The molecule has 0 bridgehead atoms. The minimum Gasteiger partial charge on any atom is -0.364 e. The summed E-state index contributed by atoms with van der Waals surface area (Å²) in [6.07, 6.45) is 1.13. The Morgan fingerprint density at radius 2 is 1.73 bits per heavy atom. The van der Waals surface area contributed by atoms with Gasteiger partial charge < -0.3 is 10.3 Å². The van der Waals surface area contributed by atoms with E-state index >= 15 is 0 Å².